The third-order valence-electron chi connectivity index (χ3n) is 11.6. The van der Waals surface area contributed by atoms with Gasteiger partial charge in [-0.1, -0.05) is 19.3 Å². The lowest BCUT2D eigenvalue weighted by Crippen LogP contribution is -2.62. The number of nitrogens with zero attached hydrogens (tertiary/aromatic N) is 2. The summed E-state index contributed by atoms with van der Waals surface area (Å²) in [4.78, 5) is 144. The van der Waals surface area contributed by atoms with Gasteiger partial charge in [-0.15, -0.1) is 0 Å². The van der Waals surface area contributed by atoms with Crippen molar-refractivity contribution in [3.05, 3.63) is 0 Å². The van der Waals surface area contributed by atoms with Crippen molar-refractivity contribution in [2.75, 3.05) is 32.9 Å². The van der Waals surface area contributed by atoms with E-state index in [0.29, 0.717) is 32.1 Å². The van der Waals surface area contributed by atoms with Crippen LogP contribution in [0.2, 0.25) is 0 Å². The Balaban J connectivity index is 1.80. The largest absolute Gasteiger partial charge is 0.480 e. The summed E-state index contributed by atoms with van der Waals surface area (Å²) in [6.45, 7) is -1.91. The lowest BCUT2D eigenvalue weighted by Gasteiger charge is -2.32. The van der Waals surface area contributed by atoms with E-state index in [9.17, 15) is 78.3 Å². The highest BCUT2D eigenvalue weighted by molar-refractivity contribution is 5.98. The molecule has 2 aliphatic heterocycles. The first-order chi connectivity index (χ1) is 30.7. The molecule has 2 heterocycles. The van der Waals surface area contributed by atoms with Crippen LogP contribution in [0.5, 0.6) is 0 Å². The molecule has 2 saturated heterocycles. The van der Waals surface area contributed by atoms with Crippen molar-refractivity contribution >= 4 is 65.0 Å². The van der Waals surface area contributed by atoms with Crippen LogP contribution < -0.4 is 43.4 Å². The average Bonchev–Trinajstić information content (AvgIpc) is 3.93. The quantitative estimate of drug-likeness (QED) is 0.0428. The number of nitrogens with one attached hydrogen (secondary N) is 6. The number of primary amides is 2. The van der Waals surface area contributed by atoms with Crippen LogP contribution in [0.25, 0.3) is 0 Å². The zero-order valence-corrected chi connectivity index (χ0v) is 36.1. The van der Waals surface area contributed by atoms with E-state index in [-0.39, 0.29) is 25.9 Å². The summed E-state index contributed by atoms with van der Waals surface area (Å²) in [5.74, 6) is -11.3. The first-order valence-corrected chi connectivity index (χ1v) is 21.4. The number of aliphatic carboxylic acids is 1. The maximum absolute atomic E-state index is 14.1. The van der Waals surface area contributed by atoms with E-state index in [0.717, 1.165) is 16.2 Å². The lowest BCUT2D eigenvalue weighted by molar-refractivity contribution is -0.150. The van der Waals surface area contributed by atoms with E-state index >= 15 is 0 Å². The third kappa shape index (κ3) is 15.6. The summed E-state index contributed by atoms with van der Waals surface area (Å²) in [5.41, 5.74) is 10.6. The molecule has 0 spiro atoms. The molecule has 1 aliphatic carbocycles. The van der Waals surface area contributed by atoms with Crippen LogP contribution in [-0.2, 0) is 52.7 Å². The number of β-amino-alcohol motifs (C(OH)–C–C–N with tert-alkyl or cyclic N) is 1. The molecule has 9 atom stereocenters. The molecule has 0 aromatic rings. The molecule has 0 aromatic carbocycles. The highest BCUT2D eigenvalue weighted by Gasteiger charge is 2.41. The number of hydrogen-bond acceptors (Lipinski definition) is 15. The van der Waals surface area contributed by atoms with Crippen LogP contribution in [0.3, 0.4) is 0 Å². The van der Waals surface area contributed by atoms with Crippen LogP contribution >= 0.6 is 0 Å². The monoisotopic (exact) mass is 926 g/mol. The highest BCUT2D eigenvalue weighted by atomic mass is 16.4. The molecule has 10 amide bonds. The van der Waals surface area contributed by atoms with Gasteiger partial charge in [0.1, 0.15) is 48.3 Å². The molecule has 0 unspecified atom stereocenters. The van der Waals surface area contributed by atoms with E-state index in [1.165, 1.54) is 6.92 Å². The van der Waals surface area contributed by atoms with E-state index in [4.69, 9.17) is 11.5 Å². The first kappa shape index (κ1) is 53.3. The molecule has 26 heteroatoms. The zero-order chi connectivity index (χ0) is 48.5. The van der Waals surface area contributed by atoms with Gasteiger partial charge in [-0.25, -0.2) is 4.79 Å². The minimum absolute atomic E-state index is 0.0309. The molecule has 3 fully saturated rings. The van der Waals surface area contributed by atoms with Crippen molar-refractivity contribution < 1.29 is 78.3 Å². The fourth-order valence-electron chi connectivity index (χ4n) is 8.05. The summed E-state index contributed by atoms with van der Waals surface area (Å²) >= 11 is 0. The molecule has 0 aromatic heterocycles. The van der Waals surface area contributed by atoms with Gasteiger partial charge in [0.25, 0.3) is 0 Å². The van der Waals surface area contributed by atoms with Gasteiger partial charge in [0, 0.05) is 39.3 Å². The van der Waals surface area contributed by atoms with Crippen molar-refractivity contribution in [1.82, 2.24) is 41.7 Å². The second-order valence-electron chi connectivity index (χ2n) is 16.4. The number of rotatable bonds is 24. The van der Waals surface area contributed by atoms with Crippen molar-refractivity contribution in [3.8, 4) is 0 Å². The van der Waals surface area contributed by atoms with Crippen molar-refractivity contribution in [3.63, 3.8) is 0 Å². The molecule has 3 rings (SSSR count). The number of amides is 10. The van der Waals surface area contributed by atoms with Crippen LogP contribution in [-0.4, -0.2) is 188 Å². The van der Waals surface area contributed by atoms with Gasteiger partial charge in [0.2, 0.25) is 59.1 Å². The third-order valence-corrected chi connectivity index (χ3v) is 11.6. The minimum atomic E-state index is -1.76. The smallest absolute Gasteiger partial charge is 0.326 e. The first-order valence-electron chi connectivity index (χ1n) is 21.4. The molecule has 3 aliphatic rings. The van der Waals surface area contributed by atoms with Crippen molar-refractivity contribution in [2.45, 2.75) is 138 Å². The van der Waals surface area contributed by atoms with Crippen LogP contribution in [0.4, 0.5) is 0 Å². The second kappa shape index (κ2) is 25.5. The van der Waals surface area contributed by atoms with E-state index in [1.807, 2.05) is 0 Å². The van der Waals surface area contributed by atoms with Crippen LogP contribution in [0, 0.1) is 5.92 Å². The molecule has 0 radical (unpaired) electrons. The molecule has 15 N–H and O–H groups in total. The SMILES string of the molecule is CC(=O)N1C[C@H](O)C[C@H]1C(=O)N[C@@H](CO)C(=O)N[C@@H](CO)C(=O)N[C@H](C(=O)N[C@@H](CCC(N)=O)C(=O)N[C@@H](CCC(N)=O)C(=O)N[C@@H](CO)C(=O)N1CCC[C@H]1C(=O)O)C1CCCCC1. The number of carboxylic acids is 1. The molecule has 65 heavy (non-hydrogen) atoms. The Kier molecular flexibility index (Phi) is 20.9. The Bertz CT molecular complexity index is 1780. The number of likely N-dealkylation sites (tertiary alicyclic amines) is 2. The Labute approximate surface area is 373 Å². The fourth-order valence-corrected chi connectivity index (χ4v) is 8.05. The number of aliphatic hydroxyl groups excluding tert-OH is 4. The Morgan fingerprint density at radius 3 is 1.57 bits per heavy atom. The summed E-state index contributed by atoms with van der Waals surface area (Å²) < 4.78 is 0. The minimum Gasteiger partial charge on any atom is -0.480 e. The summed E-state index contributed by atoms with van der Waals surface area (Å²) in [7, 11) is 0. The Hall–Kier alpha value is -5.99. The van der Waals surface area contributed by atoms with Gasteiger partial charge in [-0.3, -0.25) is 47.9 Å². The Morgan fingerprint density at radius 1 is 0.585 bits per heavy atom. The van der Waals surface area contributed by atoms with Gasteiger partial charge < -0.3 is 78.7 Å². The topological polar surface area (TPSA) is 420 Å². The number of nitrogens with two attached hydrogens (primary N) is 2. The lowest BCUT2D eigenvalue weighted by atomic mass is 9.83. The predicted octanol–water partition coefficient (Wildman–Crippen LogP) is -6.96. The average molecular weight is 927 g/mol. The number of aliphatic hydroxyl groups is 4. The normalized spacial score (nSPS) is 21.3. The van der Waals surface area contributed by atoms with Gasteiger partial charge in [0.15, 0.2) is 0 Å². The maximum Gasteiger partial charge on any atom is 0.326 e. The number of carbonyl (C=O) groups is 11. The molecule has 364 valence electrons. The Morgan fingerprint density at radius 2 is 1.06 bits per heavy atom. The van der Waals surface area contributed by atoms with Crippen LogP contribution in [0.15, 0.2) is 0 Å². The summed E-state index contributed by atoms with van der Waals surface area (Å²) in [6.07, 6.45) is 0.351. The van der Waals surface area contributed by atoms with E-state index in [1.54, 1.807) is 0 Å². The van der Waals surface area contributed by atoms with Crippen LogP contribution in [0.1, 0.15) is 84.0 Å². The van der Waals surface area contributed by atoms with Crippen molar-refractivity contribution in [1.29, 1.82) is 0 Å². The number of carbonyl (C=O) groups excluding carboxylic acids is 10. The molecule has 0 bridgehead atoms. The maximum atomic E-state index is 14.1. The van der Waals surface area contributed by atoms with Gasteiger partial charge >= 0.3 is 5.97 Å². The predicted molar refractivity (Wildman–Crippen MR) is 220 cm³/mol. The van der Waals surface area contributed by atoms with Gasteiger partial charge in [-0.2, -0.15) is 0 Å². The number of carboxylic acid groups (broad SMARTS) is 1. The molecular weight excluding hydrogens is 864 g/mol. The summed E-state index contributed by atoms with van der Waals surface area (Å²) in [5, 5.41) is 63.7. The van der Waals surface area contributed by atoms with E-state index in [2.05, 4.69) is 31.9 Å². The second-order valence-corrected chi connectivity index (χ2v) is 16.4. The van der Waals surface area contributed by atoms with E-state index < -0.39 is 171 Å². The zero-order valence-electron chi connectivity index (χ0n) is 36.1. The van der Waals surface area contributed by atoms with Crippen molar-refractivity contribution in [2.24, 2.45) is 17.4 Å². The molecular formula is C39H62N10O16. The standard InChI is InChI=1S/C39H62N10O16/c1-19(53)49-15-21(54)14-28(49)36(61)45-24(16-50)34(59)44-25(17-51)35(60)47-31(20-6-3-2-4-7-20)37(62)43-23(10-12-30(41)56)32(57)42-22(9-11-29(40)55)33(58)46-26(18-52)38(63)48-13-5-8-27(48)39(64)65/h20-28,31,50-52,54H,2-18H2,1H3,(H2,40,55)(H2,41,56)(H,42,57)(H,43,62)(H,44,59)(H,45,61)(H,46,58)(H,47,60)(H,64,65)/t21-,22+,23+,24+,25+,26+,27+,28+,31+/m1/s1. The highest BCUT2D eigenvalue weighted by Crippen LogP contribution is 2.27. The summed E-state index contributed by atoms with van der Waals surface area (Å²) in [6, 6.07) is -12.2. The molecule has 1 saturated carbocycles. The van der Waals surface area contributed by atoms with Gasteiger partial charge in [-0.05, 0) is 44.4 Å². The molecule has 26 nitrogen and oxygen atoms in total. The number of hydrogen-bond donors (Lipinski definition) is 13. The van der Waals surface area contributed by atoms with Gasteiger partial charge in [0.05, 0.1) is 25.9 Å². The fraction of sp³-hybridized carbons (Fsp3) is 0.718.